The summed E-state index contributed by atoms with van der Waals surface area (Å²) in [4.78, 5) is 8.52. The van der Waals surface area contributed by atoms with Gasteiger partial charge in [-0.1, -0.05) is 0 Å². The second-order valence-electron chi connectivity index (χ2n) is 4.38. The van der Waals surface area contributed by atoms with E-state index in [0.717, 1.165) is 0 Å². The first-order valence-corrected chi connectivity index (χ1v) is 5.25. The molecule has 2 aromatic rings. The molecule has 0 saturated carbocycles. The third-order valence-corrected chi connectivity index (χ3v) is 3.17. The van der Waals surface area contributed by atoms with Crippen LogP contribution in [0.5, 0.6) is 0 Å². The number of ether oxygens (including phenoxy) is 1. The van der Waals surface area contributed by atoms with Gasteiger partial charge in [0, 0.05) is 12.2 Å². The van der Waals surface area contributed by atoms with Crippen LogP contribution in [0.15, 0.2) is 22.7 Å². The van der Waals surface area contributed by atoms with Crippen LogP contribution in [0, 0.1) is 0 Å². The molecular weight excluding hydrogens is 206 g/mol. The number of rotatable bonds is 1. The molecule has 2 atom stereocenters. The van der Waals surface area contributed by atoms with E-state index < -0.39 is 0 Å². The molecule has 0 aromatic carbocycles. The highest BCUT2D eigenvalue weighted by Crippen LogP contribution is 2.32. The molecule has 1 aliphatic rings. The normalized spacial score (nSPS) is 30.0. The minimum absolute atomic E-state index is 0.0828. The molecule has 1 saturated heterocycles. The smallest absolute Gasteiger partial charge is 0.206 e. The molecule has 2 aromatic heterocycles. The maximum atomic E-state index is 6.02. The van der Waals surface area contributed by atoms with E-state index in [2.05, 4.69) is 9.97 Å². The summed E-state index contributed by atoms with van der Waals surface area (Å²) in [6, 6.07) is 3.59. The summed E-state index contributed by atoms with van der Waals surface area (Å²) in [6.45, 7) is 3.10. The Hall–Kier alpha value is -1.46. The van der Waals surface area contributed by atoms with Gasteiger partial charge >= 0.3 is 0 Å². The van der Waals surface area contributed by atoms with Gasteiger partial charge in [0.25, 0.3) is 0 Å². The molecule has 2 N–H and O–H groups in total. The molecule has 1 fully saturated rings. The molecule has 3 rings (SSSR count). The molecule has 16 heavy (non-hydrogen) atoms. The standard InChI is InChI=1S/C11H13N3O2/c1-11(6-15-5-8(11)12)10-14-9-7(16-10)3-2-4-13-9/h2-4,8H,5-6,12H2,1H3. The average molecular weight is 219 g/mol. The minimum atomic E-state index is -0.347. The Morgan fingerprint density at radius 2 is 2.44 bits per heavy atom. The van der Waals surface area contributed by atoms with Crippen molar-refractivity contribution in [2.24, 2.45) is 5.73 Å². The summed E-state index contributed by atoms with van der Waals surface area (Å²) >= 11 is 0. The molecule has 1 aliphatic heterocycles. The first-order valence-electron chi connectivity index (χ1n) is 5.25. The lowest BCUT2D eigenvalue weighted by molar-refractivity contribution is 0.173. The summed E-state index contributed by atoms with van der Waals surface area (Å²) in [5.74, 6) is 0.617. The zero-order valence-corrected chi connectivity index (χ0v) is 9.01. The van der Waals surface area contributed by atoms with E-state index in [0.29, 0.717) is 30.3 Å². The summed E-state index contributed by atoms with van der Waals surface area (Å²) in [5.41, 5.74) is 6.99. The monoisotopic (exact) mass is 219 g/mol. The first kappa shape index (κ1) is 9.74. The fourth-order valence-electron chi connectivity index (χ4n) is 1.92. The van der Waals surface area contributed by atoms with Crippen LogP contribution in [0.3, 0.4) is 0 Å². The Morgan fingerprint density at radius 1 is 1.56 bits per heavy atom. The molecular formula is C11H13N3O2. The maximum Gasteiger partial charge on any atom is 0.206 e. The molecule has 0 spiro atoms. The quantitative estimate of drug-likeness (QED) is 0.769. The third kappa shape index (κ3) is 1.25. The van der Waals surface area contributed by atoms with Gasteiger partial charge in [0.2, 0.25) is 5.89 Å². The molecule has 0 amide bonds. The van der Waals surface area contributed by atoms with Crippen molar-refractivity contribution >= 4 is 11.2 Å². The number of hydrogen-bond acceptors (Lipinski definition) is 5. The number of hydrogen-bond donors (Lipinski definition) is 1. The van der Waals surface area contributed by atoms with E-state index >= 15 is 0 Å². The van der Waals surface area contributed by atoms with Gasteiger partial charge in [-0.05, 0) is 19.1 Å². The van der Waals surface area contributed by atoms with Gasteiger partial charge in [0.05, 0.1) is 18.6 Å². The lowest BCUT2D eigenvalue weighted by Crippen LogP contribution is -2.42. The highest BCUT2D eigenvalue weighted by molar-refractivity contribution is 5.67. The van der Waals surface area contributed by atoms with E-state index in [1.54, 1.807) is 6.20 Å². The summed E-state index contributed by atoms with van der Waals surface area (Å²) in [7, 11) is 0. The van der Waals surface area contributed by atoms with Crippen LogP contribution in [0.1, 0.15) is 12.8 Å². The molecule has 0 bridgehead atoms. The van der Waals surface area contributed by atoms with Gasteiger partial charge in [-0.15, -0.1) is 0 Å². The van der Waals surface area contributed by atoms with Gasteiger partial charge in [-0.3, -0.25) is 0 Å². The lowest BCUT2D eigenvalue weighted by Gasteiger charge is -2.22. The maximum absolute atomic E-state index is 6.02. The van der Waals surface area contributed by atoms with Crippen molar-refractivity contribution in [3.05, 3.63) is 24.2 Å². The van der Waals surface area contributed by atoms with Gasteiger partial charge in [0.1, 0.15) is 0 Å². The van der Waals surface area contributed by atoms with Crippen molar-refractivity contribution in [1.82, 2.24) is 9.97 Å². The van der Waals surface area contributed by atoms with Crippen LogP contribution in [-0.2, 0) is 10.2 Å². The fourth-order valence-corrected chi connectivity index (χ4v) is 1.92. The van der Waals surface area contributed by atoms with E-state index in [1.807, 2.05) is 19.1 Å². The van der Waals surface area contributed by atoms with Crippen molar-refractivity contribution in [2.75, 3.05) is 13.2 Å². The molecule has 3 heterocycles. The molecule has 5 heteroatoms. The molecule has 0 aliphatic carbocycles. The Kier molecular flexibility index (Phi) is 1.99. The van der Waals surface area contributed by atoms with Crippen LogP contribution < -0.4 is 5.73 Å². The van der Waals surface area contributed by atoms with E-state index in [4.69, 9.17) is 14.9 Å². The third-order valence-electron chi connectivity index (χ3n) is 3.17. The highest BCUT2D eigenvalue weighted by atomic mass is 16.5. The van der Waals surface area contributed by atoms with Crippen LogP contribution in [-0.4, -0.2) is 29.2 Å². The largest absolute Gasteiger partial charge is 0.438 e. The number of nitrogens with zero attached hydrogens (tertiary/aromatic N) is 2. The van der Waals surface area contributed by atoms with Crippen molar-refractivity contribution < 1.29 is 9.15 Å². The van der Waals surface area contributed by atoms with E-state index in [9.17, 15) is 0 Å². The predicted octanol–water partition coefficient (Wildman–Crippen LogP) is 0.838. The minimum Gasteiger partial charge on any atom is -0.438 e. The molecule has 0 radical (unpaired) electrons. The van der Waals surface area contributed by atoms with E-state index in [-0.39, 0.29) is 11.5 Å². The van der Waals surface area contributed by atoms with E-state index in [1.165, 1.54) is 0 Å². The number of fused-ring (bicyclic) bond motifs is 1. The first-order chi connectivity index (χ1) is 7.70. The van der Waals surface area contributed by atoms with Crippen LogP contribution >= 0.6 is 0 Å². The average Bonchev–Trinajstić information content (AvgIpc) is 2.84. The Bertz CT molecular complexity index is 492. The number of oxazole rings is 1. The topological polar surface area (TPSA) is 74.2 Å². The predicted molar refractivity (Wildman–Crippen MR) is 58.0 cm³/mol. The van der Waals surface area contributed by atoms with Crippen molar-refractivity contribution in [1.29, 1.82) is 0 Å². The van der Waals surface area contributed by atoms with Gasteiger partial charge in [0.15, 0.2) is 11.2 Å². The highest BCUT2D eigenvalue weighted by Gasteiger charge is 2.43. The Labute approximate surface area is 92.6 Å². The summed E-state index contributed by atoms with van der Waals surface area (Å²) < 4.78 is 11.1. The van der Waals surface area contributed by atoms with Crippen LogP contribution in [0.2, 0.25) is 0 Å². The number of aromatic nitrogens is 2. The van der Waals surface area contributed by atoms with Gasteiger partial charge in [-0.2, -0.15) is 4.98 Å². The second-order valence-corrected chi connectivity index (χ2v) is 4.38. The number of nitrogens with two attached hydrogens (primary N) is 1. The van der Waals surface area contributed by atoms with Gasteiger partial charge < -0.3 is 14.9 Å². The molecule has 84 valence electrons. The zero-order valence-electron chi connectivity index (χ0n) is 9.01. The SMILES string of the molecule is CC1(c2nc3ncccc3o2)COCC1N. The second kappa shape index (κ2) is 3.26. The fraction of sp³-hybridized carbons (Fsp3) is 0.455. The van der Waals surface area contributed by atoms with Gasteiger partial charge in [-0.25, -0.2) is 4.98 Å². The lowest BCUT2D eigenvalue weighted by atomic mass is 9.86. The van der Waals surface area contributed by atoms with Crippen molar-refractivity contribution in [2.45, 2.75) is 18.4 Å². The summed E-state index contributed by atoms with van der Waals surface area (Å²) in [5, 5.41) is 0. The summed E-state index contributed by atoms with van der Waals surface area (Å²) in [6.07, 6.45) is 1.70. The van der Waals surface area contributed by atoms with Crippen LogP contribution in [0.4, 0.5) is 0 Å². The Balaban J connectivity index is 2.12. The molecule has 2 unspecified atom stereocenters. The van der Waals surface area contributed by atoms with Crippen LogP contribution in [0.25, 0.3) is 11.2 Å². The number of pyridine rings is 1. The zero-order chi connectivity index (χ0) is 11.2. The van der Waals surface area contributed by atoms with Crippen molar-refractivity contribution in [3.8, 4) is 0 Å². The Morgan fingerprint density at radius 3 is 3.12 bits per heavy atom. The van der Waals surface area contributed by atoms with Crippen molar-refractivity contribution in [3.63, 3.8) is 0 Å². The molecule has 5 nitrogen and oxygen atoms in total.